The highest BCUT2D eigenvalue weighted by molar-refractivity contribution is 6.30. The van der Waals surface area contributed by atoms with Gasteiger partial charge in [-0.3, -0.25) is 9.69 Å². The third-order valence-corrected chi connectivity index (χ3v) is 7.75. The highest BCUT2D eigenvalue weighted by Gasteiger charge is 2.40. The van der Waals surface area contributed by atoms with Crippen molar-refractivity contribution in [3.63, 3.8) is 0 Å². The van der Waals surface area contributed by atoms with Gasteiger partial charge in [-0.15, -0.1) is 0 Å². The molecule has 208 valence electrons. The topological polar surface area (TPSA) is 35.6 Å². The van der Waals surface area contributed by atoms with Gasteiger partial charge in [-0.05, 0) is 68.2 Å². The van der Waals surface area contributed by atoms with Crippen molar-refractivity contribution in [3.8, 4) is 0 Å². The van der Waals surface area contributed by atoms with Gasteiger partial charge in [0.25, 0.3) is 5.91 Å². The molecule has 2 aliphatic heterocycles. The van der Waals surface area contributed by atoms with Gasteiger partial charge in [-0.25, -0.2) is 4.39 Å². The fourth-order valence-electron chi connectivity index (χ4n) is 5.44. The van der Waals surface area contributed by atoms with Gasteiger partial charge in [0, 0.05) is 43.7 Å². The smallest absolute Gasteiger partial charge is 0.338 e. The zero-order chi connectivity index (χ0) is 27.8. The number of hydrogen-bond donors (Lipinski definition) is 1. The molecule has 1 amide bonds. The first-order valence-electron chi connectivity index (χ1n) is 12.2. The number of carbonyl (C=O) groups excluding carboxylic acids is 1. The largest absolute Gasteiger partial charge is 0.416 e. The van der Waals surface area contributed by atoms with Crippen LogP contribution in [-0.2, 0) is 12.4 Å². The van der Waals surface area contributed by atoms with Crippen molar-refractivity contribution in [2.75, 3.05) is 33.2 Å². The molecule has 2 aliphatic rings. The molecule has 2 aromatic carbocycles. The summed E-state index contributed by atoms with van der Waals surface area (Å²) in [7, 11) is 1.37. The lowest BCUT2D eigenvalue weighted by molar-refractivity contribution is -0.143. The Morgan fingerprint density at radius 2 is 1.58 bits per heavy atom. The lowest BCUT2D eigenvalue weighted by Crippen LogP contribution is -2.54. The molecule has 2 atom stereocenters. The number of halogens is 8. The molecule has 4 rings (SSSR count). The lowest BCUT2D eigenvalue weighted by atomic mass is 9.83. The molecule has 0 saturated carbocycles. The van der Waals surface area contributed by atoms with Crippen LogP contribution in [0.25, 0.3) is 0 Å². The number of alkyl halides is 6. The van der Waals surface area contributed by atoms with Crippen molar-refractivity contribution in [1.29, 1.82) is 0 Å². The van der Waals surface area contributed by atoms with E-state index in [1.54, 1.807) is 6.07 Å². The van der Waals surface area contributed by atoms with Gasteiger partial charge >= 0.3 is 12.4 Å². The normalized spacial score (nSPS) is 21.9. The zero-order valence-corrected chi connectivity index (χ0v) is 21.2. The summed E-state index contributed by atoms with van der Waals surface area (Å²) >= 11 is 6.03. The number of piperidine rings is 2. The lowest BCUT2D eigenvalue weighted by Gasteiger charge is -2.46. The van der Waals surface area contributed by atoms with E-state index in [9.17, 15) is 35.5 Å². The fourth-order valence-corrected chi connectivity index (χ4v) is 5.62. The summed E-state index contributed by atoms with van der Waals surface area (Å²) in [6.07, 6.45) is -7.87. The number of nitrogens with zero attached hydrogens (tertiary/aromatic N) is 2. The second-order valence-corrected chi connectivity index (χ2v) is 10.2. The predicted octanol–water partition coefficient (Wildman–Crippen LogP) is 6.20. The number of likely N-dealkylation sites (N-methyl/N-ethyl adjacent to an activating group) is 1. The third kappa shape index (κ3) is 6.26. The Hall–Kier alpha value is -2.37. The van der Waals surface area contributed by atoms with Gasteiger partial charge in [0.05, 0.1) is 16.1 Å². The molecule has 0 unspecified atom stereocenters. The SMILES string of the molecule is CN(C(=O)c1cc(C(F)(F)F)cc(C(F)(F)F)c1)[C@@H]1CCN(C2CCNCC2)C[C@H]1c1ccc(F)c(Cl)c1. The molecule has 0 bridgehead atoms. The summed E-state index contributed by atoms with van der Waals surface area (Å²) in [5.74, 6) is -1.97. The van der Waals surface area contributed by atoms with E-state index in [1.165, 1.54) is 24.1 Å². The third-order valence-electron chi connectivity index (χ3n) is 7.46. The van der Waals surface area contributed by atoms with Crippen molar-refractivity contribution in [1.82, 2.24) is 15.1 Å². The van der Waals surface area contributed by atoms with E-state index >= 15 is 0 Å². The summed E-state index contributed by atoms with van der Waals surface area (Å²) in [5.41, 5.74) is -3.16. The molecule has 2 heterocycles. The number of hydrogen-bond acceptors (Lipinski definition) is 3. The summed E-state index contributed by atoms with van der Waals surface area (Å²) in [6.45, 7) is 2.78. The first kappa shape index (κ1) is 28.6. The van der Waals surface area contributed by atoms with Gasteiger partial charge in [0.2, 0.25) is 0 Å². The Morgan fingerprint density at radius 3 is 2.13 bits per heavy atom. The van der Waals surface area contributed by atoms with Crippen molar-refractivity contribution >= 4 is 17.5 Å². The number of carbonyl (C=O) groups is 1. The number of rotatable bonds is 4. The van der Waals surface area contributed by atoms with Crippen LogP contribution in [0.5, 0.6) is 0 Å². The minimum Gasteiger partial charge on any atom is -0.338 e. The van der Waals surface area contributed by atoms with Gasteiger partial charge < -0.3 is 10.2 Å². The molecular formula is C26H27ClF7N3O. The van der Waals surface area contributed by atoms with Crippen LogP contribution in [0.1, 0.15) is 52.2 Å². The Bertz CT molecular complexity index is 1130. The maximum atomic E-state index is 13.9. The minimum atomic E-state index is -5.07. The molecular weight excluding hydrogens is 539 g/mol. The van der Waals surface area contributed by atoms with E-state index < -0.39 is 52.7 Å². The first-order valence-corrected chi connectivity index (χ1v) is 12.6. The van der Waals surface area contributed by atoms with Crippen LogP contribution in [0.3, 0.4) is 0 Å². The highest BCUT2D eigenvalue weighted by Crippen LogP contribution is 2.38. The van der Waals surface area contributed by atoms with Crippen LogP contribution in [0.4, 0.5) is 30.7 Å². The first-order chi connectivity index (χ1) is 17.8. The Morgan fingerprint density at radius 1 is 0.974 bits per heavy atom. The van der Waals surface area contributed by atoms with Gasteiger partial charge in [-0.2, -0.15) is 26.3 Å². The average molecular weight is 566 g/mol. The van der Waals surface area contributed by atoms with E-state index in [0.717, 1.165) is 25.9 Å². The van der Waals surface area contributed by atoms with Crippen LogP contribution < -0.4 is 5.32 Å². The molecule has 0 aromatic heterocycles. The van der Waals surface area contributed by atoms with E-state index in [2.05, 4.69) is 10.2 Å². The number of amides is 1. The van der Waals surface area contributed by atoms with Crippen LogP contribution in [0.2, 0.25) is 5.02 Å². The predicted molar refractivity (Wildman–Crippen MR) is 129 cm³/mol. The van der Waals surface area contributed by atoms with Crippen LogP contribution in [-0.4, -0.2) is 61.0 Å². The summed E-state index contributed by atoms with van der Waals surface area (Å²) in [5, 5.41) is 3.19. The van der Waals surface area contributed by atoms with Gasteiger partial charge in [0.1, 0.15) is 5.82 Å². The molecule has 12 heteroatoms. The summed E-state index contributed by atoms with van der Waals surface area (Å²) in [6, 6.07) is 4.84. The zero-order valence-electron chi connectivity index (χ0n) is 20.5. The second-order valence-electron chi connectivity index (χ2n) is 9.82. The Balaban J connectivity index is 1.68. The minimum absolute atomic E-state index is 0.00237. The average Bonchev–Trinajstić information content (AvgIpc) is 2.88. The van der Waals surface area contributed by atoms with Crippen molar-refractivity contribution in [3.05, 3.63) is 69.5 Å². The highest BCUT2D eigenvalue weighted by atomic mass is 35.5. The van der Waals surface area contributed by atoms with Crippen molar-refractivity contribution < 1.29 is 35.5 Å². The van der Waals surface area contributed by atoms with E-state index in [0.29, 0.717) is 37.2 Å². The van der Waals surface area contributed by atoms with Gasteiger partial charge in [-0.1, -0.05) is 17.7 Å². The van der Waals surface area contributed by atoms with Crippen molar-refractivity contribution in [2.45, 2.75) is 49.6 Å². The molecule has 1 N–H and O–H groups in total. The van der Waals surface area contributed by atoms with Gasteiger partial charge in [0.15, 0.2) is 0 Å². The van der Waals surface area contributed by atoms with Crippen molar-refractivity contribution in [2.24, 2.45) is 0 Å². The van der Waals surface area contributed by atoms with Crippen LogP contribution in [0.15, 0.2) is 36.4 Å². The molecule has 2 saturated heterocycles. The maximum Gasteiger partial charge on any atom is 0.416 e. The fraction of sp³-hybridized carbons (Fsp3) is 0.500. The number of nitrogens with one attached hydrogen (secondary N) is 1. The van der Waals surface area contributed by atoms with E-state index in [-0.39, 0.29) is 17.1 Å². The molecule has 4 nitrogen and oxygen atoms in total. The summed E-state index contributed by atoms with van der Waals surface area (Å²) in [4.78, 5) is 16.9. The standard InChI is InChI=1S/C26H27ClF7N3O/c1-36(24(38)16-10-17(25(29,30)31)13-18(11-16)26(32,33)34)23-6-9-37(19-4-7-35-8-5-19)14-20(23)15-2-3-22(28)21(27)12-15/h2-3,10-13,19-20,23,35H,4-9,14H2,1H3/t20-,23+/m0/s1. The number of benzene rings is 2. The van der Waals surface area contributed by atoms with E-state index in [4.69, 9.17) is 11.6 Å². The maximum absolute atomic E-state index is 13.9. The van der Waals surface area contributed by atoms with E-state index in [1.807, 2.05) is 0 Å². The molecule has 0 aliphatic carbocycles. The molecule has 2 fully saturated rings. The Labute approximate surface area is 220 Å². The second kappa shape index (κ2) is 11.0. The molecule has 2 aromatic rings. The van der Waals surface area contributed by atoms with Crippen LogP contribution in [0, 0.1) is 5.82 Å². The van der Waals surface area contributed by atoms with Crippen LogP contribution >= 0.6 is 11.6 Å². The number of likely N-dealkylation sites (tertiary alicyclic amines) is 1. The monoisotopic (exact) mass is 565 g/mol. The Kier molecular flexibility index (Phi) is 8.30. The quantitative estimate of drug-likeness (QED) is 0.449. The molecule has 0 radical (unpaired) electrons. The summed E-state index contributed by atoms with van der Waals surface area (Å²) < 4.78 is 94.2. The molecule has 38 heavy (non-hydrogen) atoms. The molecule has 0 spiro atoms.